The van der Waals surface area contributed by atoms with E-state index in [0.717, 1.165) is 12.1 Å². The van der Waals surface area contributed by atoms with Gasteiger partial charge in [-0.05, 0) is 6.92 Å². The maximum Gasteiger partial charge on any atom is 0.402 e. The molecule has 12 N–H and O–H groups in total. The summed E-state index contributed by atoms with van der Waals surface area (Å²) >= 11 is 0. The molecule has 3 aromatic rings. The molecular formula is C38H47O24+. The number of hydrogen-bond donors (Lipinski definition) is 12. The number of phenols is 2. The topological polar surface area (TPSA) is 371 Å². The number of hydrogen-bond acceptors (Lipinski definition) is 22. The van der Waals surface area contributed by atoms with E-state index in [2.05, 4.69) is 0 Å². The fraction of sp³-hybridized carbons (Fsp3) is 0.553. The number of phenolic OH excluding ortho intramolecular Hbond substituents is 2. The largest absolute Gasteiger partial charge is 0.507 e. The van der Waals surface area contributed by atoms with Crippen LogP contribution in [0.15, 0.2) is 34.7 Å². The first-order valence-corrected chi connectivity index (χ1v) is 18.8. The van der Waals surface area contributed by atoms with E-state index in [4.69, 9.17) is 52.2 Å². The van der Waals surface area contributed by atoms with E-state index in [0.29, 0.717) is 0 Å². The van der Waals surface area contributed by atoms with Gasteiger partial charge in [-0.25, -0.2) is 4.42 Å². The Bertz CT molecular complexity index is 2040. The Labute approximate surface area is 349 Å². The highest BCUT2D eigenvalue weighted by atomic mass is 16.7. The number of benzene rings is 2. The second-order valence-electron chi connectivity index (χ2n) is 14.6. The van der Waals surface area contributed by atoms with Gasteiger partial charge in [-0.1, -0.05) is 0 Å². The Kier molecular flexibility index (Phi) is 14.4. The molecule has 15 atom stereocenters. The quantitative estimate of drug-likeness (QED) is 0.0437. The number of carboxylic acid groups (broad SMARTS) is 1. The molecule has 2 aromatic carbocycles. The lowest BCUT2D eigenvalue weighted by molar-refractivity contribution is -0.318. The summed E-state index contributed by atoms with van der Waals surface area (Å²) in [4.78, 5) is 22.8. The molecule has 0 bridgehead atoms. The molecule has 3 saturated heterocycles. The summed E-state index contributed by atoms with van der Waals surface area (Å²) in [5, 5.41) is 126. The van der Waals surface area contributed by atoms with Crippen LogP contribution in [0, 0.1) is 0 Å². The average molecular weight is 888 g/mol. The fourth-order valence-corrected chi connectivity index (χ4v) is 6.83. The van der Waals surface area contributed by atoms with E-state index in [1.165, 1.54) is 39.3 Å². The third kappa shape index (κ3) is 9.66. The van der Waals surface area contributed by atoms with Crippen LogP contribution in [0.3, 0.4) is 0 Å². The van der Waals surface area contributed by atoms with Crippen molar-refractivity contribution in [1.29, 1.82) is 0 Å². The minimum absolute atomic E-state index is 0.0757. The van der Waals surface area contributed by atoms with E-state index in [-0.39, 0.29) is 45.3 Å². The summed E-state index contributed by atoms with van der Waals surface area (Å²) in [6.45, 7) is 0.00316. The number of aromatic hydroxyl groups is 2. The summed E-state index contributed by atoms with van der Waals surface area (Å²) in [5.41, 5.74) is -0.0930. The van der Waals surface area contributed by atoms with Gasteiger partial charge in [0.1, 0.15) is 97.1 Å². The Balaban J connectivity index is 1.36. The maximum absolute atomic E-state index is 11.9. The normalized spacial score (nSPS) is 33.7. The minimum atomic E-state index is -1.99. The number of fused-ring (bicyclic) bond motifs is 1. The molecule has 3 aliphatic heterocycles. The highest BCUT2D eigenvalue weighted by Crippen LogP contribution is 2.46. The second-order valence-corrected chi connectivity index (χ2v) is 14.6. The first-order valence-electron chi connectivity index (χ1n) is 18.8. The fourth-order valence-electron chi connectivity index (χ4n) is 6.83. The summed E-state index contributed by atoms with van der Waals surface area (Å²) in [5.74, 6) is -4.72. The lowest BCUT2D eigenvalue weighted by atomic mass is 9.98. The van der Waals surface area contributed by atoms with E-state index >= 15 is 0 Å². The van der Waals surface area contributed by atoms with Crippen LogP contribution in [-0.2, 0) is 33.3 Å². The Morgan fingerprint density at radius 3 is 1.73 bits per heavy atom. The van der Waals surface area contributed by atoms with Gasteiger partial charge in [0.25, 0.3) is 0 Å². The molecule has 0 aliphatic carbocycles. The number of aliphatic hydroxyl groups excluding tert-OH is 9. The highest BCUT2D eigenvalue weighted by molar-refractivity contribution is 5.90. The van der Waals surface area contributed by atoms with Crippen molar-refractivity contribution in [2.75, 3.05) is 27.4 Å². The second kappa shape index (κ2) is 19.2. The van der Waals surface area contributed by atoms with Gasteiger partial charge >= 0.3 is 23.3 Å². The number of carbonyl (C=O) groups is 2. The number of esters is 1. The standard InChI is InChI=1S/C38H46O24/c1-12-25(43)29(47)32(50)36(57-12)56-11-22-28(46)31(49)34(52)38(62-22)60-20-8-15-16(58-35(20)13-4-18(53-2)26(44)19(5-13)54-3)6-14(39)7-17(15)59-37-33(51)30(48)27(45)21(61-37)10-55-24(42)9-23(40)41/h4-8,12,21-22,25,27-34,36-38,43,45-52H,9-11H2,1-3H3,(H2-,39,40,41,44)/p+1. The van der Waals surface area contributed by atoms with Crippen molar-refractivity contribution >= 4 is 22.9 Å². The number of methoxy groups -OCH3 is 2. The van der Waals surface area contributed by atoms with Gasteiger partial charge in [0.15, 0.2) is 17.8 Å². The molecule has 0 radical (unpaired) electrons. The Morgan fingerprint density at radius 2 is 1.16 bits per heavy atom. The van der Waals surface area contributed by atoms with Gasteiger partial charge in [-0.3, -0.25) is 9.59 Å². The molecule has 4 heterocycles. The summed E-state index contributed by atoms with van der Waals surface area (Å²) in [6.07, 6.45) is -26.7. The molecule has 1 aromatic heterocycles. The SMILES string of the molecule is COc1cc(-c2[o+]c3cc(O)cc(OC4OC(COC(=O)CC(=O)O)C(O)C(O)C4O)c3cc2OC2OC(COC3OC(C)C(O)C(O)C3O)C(O)C(O)C2O)cc(OC)c1O. The Morgan fingerprint density at radius 1 is 0.629 bits per heavy atom. The molecule has 0 amide bonds. The number of carboxylic acids is 1. The third-order valence-electron chi connectivity index (χ3n) is 10.3. The summed E-state index contributed by atoms with van der Waals surface area (Å²) < 4.78 is 56.1. The minimum Gasteiger partial charge on any atom is -0.507 e. The molecule has 0 spiro atoms. The first kappa shape index (κ1) is 46.6. The van der Waals surface area contributed by atoms with Crippen LogP contribution in [0.25, 0.3) is 22.3 Å². The number of carbonyl (C=O) groups excluding carboxylic acids is 1. The van der Waals surface area contributed by atoms with Crippen LogP contribution < -0.4 is 18.9 Å². The van der Waals surface area contributed by atoms with Gasteiger partial charge in [-0.15, -0.1) is 0 Å². The van der Waals surface area contributed by atoms with Crippen molar-refractivity contribution in [2.24, 2.45) is 0 Å². The monoisotopic (exact) mass is 887 g/mol. The van der Waals surface area contributed by atoms with Crippen LogP contribution >= 0.6 is 0 Å². The van der Waals surface area contributed by atoms with Crippen molar-refractivity contribution in [3.63, 3.8) is 0 Å². The van der Waals surface area contributed by atoms with Crippen molar-refractivity contribution in [3.05, 3.63) is 30.3 Å². The van der Waals surface area contributed by atoms with Gasteiger partial charge in [-0.2, -0.15) is 0 Å². The number of aliphatic carboxylic acids is 1. The number of aliphatic hydroxyl groups is 9. The lowest BCUT2D eigenvalue weighted by Crippen LogP contribution is -2.61. The molecule has 0 saturated carbocycles. The van der Waals surface area contributed by atoms with Crippen molar-refractivity contribution in [2.45, 2.75) is 105 Å². The van der Waals surface area contributed by atoms with Crippen molar-refractivity contribution in [1.82, 2.24) is 0 Å². The van der Waals surface area contributed by atoms with Crippen LogP contribution in [-0.4, -0.2) is 193 Å². The molecule has 342 valence electrons. The van der Waals surface area contributed by atoms with Crippen LogP contribution in [0.5, 0.6) is 34.5 Å². The van der Waals surface area contributed by atoms with Crippen LogP contribution in [0.1, 0.15) is 13.3 Å². The number of ether oxygens (including phenoxy) is 9. The molecule has 62 heavy (non-hydrogen) atoms. The van der Waals surface area contributed by atoms with E-state index in [1.54, 1.807) is 0 Å². The first-order chi connectivity index (χ1) is 29.3. The van der Waals surface area contributed by atoms with E-state index in [1.807, 2.05) is 0 Å². The predicted molar refractivity (Wildman–Crippen MR) is 199 cm³/mol. The van der Waals surface area contributed by atoms with Crippen molar-refractivity contribution < 1.29 is 118 Å². The van der Waals surface area contributed by atoms with Gasteiger partial charge in [0.05, 0.1) is 38.6 Å². The molecule has 15 unspecified atom stereocenters. The molecular weight excluding hydrogens is 840 g/mol. The zero-order chi connectivity index (χ0) is 45.3. The molecule has 24 heteroatoms. The third-order valence-corrected chi connectivity index (χ3v) is 10.3. The summed E-state index contributed by atoms with van der Waals surface area (Å²) in [7, 11) is 2.50. The van der Waals surface area contributed by atoms with Gasteiger partial charge in [0.2, 0.25) is 24.1 Å². The molecule has 24 nitrogen and oxygen atoms in total. The number of rotatable bonds is 14. The summed E-state index contributed by atoms with van der Waals surface area (Å²) in [6, 6.07) is 5.98. The van der Waals surface area contributed by atoms with Gasteiger partial charge in [0, 0.05) is 24.3 Å². The zero-order valence-electron chi connectivity index (χ0n) is 32.9. The highest BCUT2D eigenvalue weighted by Gasteiger charge is 2.49. The average Bonchev–Trinajstić information content (AvgIpc) is 3.23. The van der Waals surface area contributed by atoms with Crippen LogP contribution in [0.2, 0.25) is 0 Å². The Hall–Kier alpha value is -4.93. The van der Waals surface area contributed by atoms with Gasteiger partial charge < -0.3 is 104 Å². The van der Waals surface area contributed by atoms with Crippen molar-refractivity contribution in [3.8, 4) is 45.8 Å². The van der Waals surface area contributed by atoms with E-state index in [9.17, 15) is 65.8 Å². The molecule has 6 rings (SSSR count). The zero-order valence-corrected chi connectivity index (χ0v) is 32.9. The van der Waals surface area contributed by atoms with E-state index < -0.39 is 135 Å². The molecule has 3 aliphatic rings. The maximum atomic E-state index is 11.9. The lowest BCUT2D eigenvalue weighted by Gasteiger charge is -2.42. The molecule has 3 fully saturated rings. The predicted octanol–water partition coefficient (Wildman–Crippen LogP) is -2.96. The van der Waals surface area contributed by atoms with Crippen LogP contribution in [0.4, 0.5) is 0 Å². The smallest absolute Gasteiger partial charge is 0.402 e.